The maximum absolute atomic E-state index is 11.8. The van der Waals surface area contributed by atoms with Crippen LogP contribution < -0.4 is 10.6 Å². The normalized spacial score (nSPS) is 11.5. The average Bonchev–Trinajstić information content (AvgIpc) is 2.50. The van der Waals surface area contributed by atoms with E-state index in [1.807, 2.05) is 24.3 Å². The predicted molar refractivity (Wildman–Crippen MR) is 86.1 cm³/mol. The Bertz CT molecular complexity index is 462. The van der Waals surface area contributed by atoms with E-state index in [0.717, 1.165) is 30.6 Å². The van der Waals surface area contributed by atoms with Crippen LogP contribution in [-0.2, 0) is 6.42 Å². The summed E-state index contributed by atoms with van der Waals surface area (Å²) in [4.78, 5) is 11.8. The van der Waals surface area contributed by atoms with Gasteiger partial charge in [0.15, 0.2) is 0 Å². The van der Waals surface area contributed by atoms with Gasteiger partial charge in [0.05, 0.1) is 12.5 Å². The minimum Gasteiger partial charge on any atom is -0.338 e. The quantitative estimate of drug-likeness (QED) is 0.756. The monoisotopic (exact) mass is 287 g/mol. The van der Waals surface area contributed by atoms with E-state index in [9.17, 15) is 4.79 Å². The van der Waals surface area contributed by atoms with E-state index in [4.69, 9.17) is 5.26 Å². The van der Waals surface area contributed by atoms with Gasteiger partial charge in [-0.15, -0.1) is 0 Å². The van der Waals surface area contributed by atoms with E-state index in [0.29, 0.717) is 12.3 Å². The van der Waals surface area contributed by atoms with Gasteiger partial charge in [0.25, 0.3) is 0 Å². The number of carbonyl (C=O) groups excluding carboxylic acids is 1. The van der Waals surface area contributed by atoms with E-state index in [1.165, 1.54) is 12.8 Å². The molecule has 0 bridgehead atoms. The standard InChI is InChI=1S/C17H25N3O/c1-3-5-6-14(4-2)13-19-17(21)20-16-9-7-15(8-10-16)11-12-18/h7-10,14H,3-6,11,13H2,1-2H3,(H2,19,20,21)/t14-/m1/s1. The highest BCUT2D eigenvalue weighted by molar-refractivity contribution is 5.89. The molecule has 0 aliphatic carbocycles. The molecule has 0 saturated heterocycles. The lowest BCUT2D eigenvalue weighted by molar-refractivity contribution is 0.249. The average molecular weight is 287 g/mol. The van der Waals surface area contributed by atoms with Crippen molar-refractivity contribution in [2.75, 3.05) is 11.9 Å². The fraction of sp³-hybridized carbons (Fsp3) is 0.529. The van der Waals surface area contributed by atoms with Crippen molar-refractivity contribution in [3.05, 3.63) is 29.8 Å². The second-order valence-corrected chi connectivity index (χ2v) is 5.28. The SMILES string of the molecule is CCCC[C@@H](CC)CNC(=O)Nc1ccc(CC#N)cc1. The molecule has 0 spiro atoms. The van der Waals surface area contributed by atoms with Crippen LogP contribution in [0.2, 0.25) is 0 Å². The number of amides is 2. The summed E-state index contributed by atoms with van der Waals surface area (Å²) in [6, 6.07) is 9.28. The number of nitrogens with zero attached hydrogens (tertiary/aromatic N) is 1. The molecular formula is C17H25N3O. The summed E-state index contributed by atoms with van der Waals surface area (Å²) in [5, 5.41) is 14.4. The Labute approximate surface area is 127 Å². The number of benzene rings is 1. The number of nitrogens with one attached hydrogen (secondary N) is 2. The molecule has 1 atom stereocenters. The number of carbonyl (C=O) groups is 1. The molecule has 2 amide bonds. The molecule has 0 unspecified atom stereocenters. The molecule has 4 nitrogen and oxygen atoms in total. The van der Waals surface area contributed by atoms with Crippen molar-refractivity contribution in [1.82, 2.24) is 5.32 Å². The van der Waals surface area contributed by atoms with Gasteiger partial charge in [-0.25, -0.2) is 4.79 Å². The van der Waals surface area contributed by atoms with Gasteiger partial charge in [-0.1, -0.05) is 45.2 Å². The Morgan fingerprint density at radius 2 is 2.00 bits per heavy atom. The fourth-order valence-electron chi connectivity index (χ4n) is 2.15. The van der Waals surface area contributed by atoms with Crippen molar-refractivity contribution >= 4 is 11.7 Å². The van der Waals surface area contributed by atoms with Crippen LogP contribution in [0.1, 0.15) is 45.1 Å². The first-order valence-electron chi connectivity index (χ1n) is 7.70. The predicted octanol–water partition coefficient (Wildman–Crippen LogP) is 4.09. The molecular weight excluding hydrogens is 262 g/mol. The molecule has 0 aliphatic rings. The van der Waals surface area contributed by atoms with E-state index in [2.05, 4.69) is 30.6 Å². The Morgan fingerprint density at radius 1 is 1.29 bits per heavy atom. The summed E-state index contributed by atoms with van der Waals surface area (Å²) in [5.74, 6) is 0.550. The molecule has 0 saturated carbocycles. The first-order chi connectivity index (χ1) is 10.2. The second-order valence-electron chi connectivity index (χ2n) is 5.28. The Morgan fingerprint density at radius 3 is 2.57 bits per heavy atom. The minimum atomic E-state index is -0.169. The van der Waals surface area contributed by atoms with Gasteiger partial charge in [-0.2, -0.15) is 5.26 Å². The van der Waals surface area contributed by atoms with Crippen molar-refractivity contribution in [2.24, 2.45) is 5.92 Å². The van der Waals surface area contributed by atoms with E-state index in [1.54, 1.807) is 0 Å². The number of unbranched alkanes of at least 4 members (excludes halogenated alkanes) is 1. The molecule has 1 aromatic carbocycles. The fourth-order valence-corrected chi connectivity index (χ4v) is 2.15. The number of hydrogen-bond donors (Lipinski definition) is 2. The third-order valence-electron chi connectivity index (χ3n) is 3.59. The minimum absolute atomic E-state index is 0.169. The summed E-state index contributed by atoms with van der Waals surface area (Å²) in [7, 11) is 0. The molecule has 1 rings (SSSR count). The van der Waals surface area contributed by atoms with Crippen LogP contribution in [0.25, 0.3) is 0 Å². The zero-order chi connectivity index (χ0) is 15.5. The highest BCUT2D eigenvalue weighted by atomic mass is 16.2. The van der Waals surface area contributed by atoms with Gasteiger partial charge in [0, 0.05) is 12.2 Å². The summed E-state index contributed by atoms with van der Waals surface area (Å²) >= 11 is 0. The maximum atomic E-state index is 11.8. The van der Waals surface area contributed by atoms with Gasteiger partial charge >= 0.3 is 6.03 Å². The van der Waals surface area contributed by atoms with Gasteiger partial charge < -0.3 is 10.6 Å². The first kappa shape index (κ1) is 17.0. The van der Waals surface area contributed by atoms with E-state index < -0.39 is 0 Å². The van der Waals surface area contributed by atoms with Crippen molar-refractivity contribution < 1.29 is 4.79 Å². The van der Waals surface area contributed by atoms with Gasteiger partial charge in [-0.3, -0.25) is 0 Å². The molecule has 0 aliphatic heterocycles. The lowest BCUT2D eigenvalue weighted by atomic mass is 9.99. The molecule has 0 radical (unpaired) electrons. The summed E-state index contributed by atoms with van der Waals surface area (Å²) in [5.41, 5.74) is 1.70. The van der Waals surface area contributed by atoms with Gasteiger partial charge in [0.2, 0.25) is 0 Å². The molecule has 0 fully saturated rings. The zero-order valence-corrected chi connectivity index (χ0v) is 13.0. The summed E-state index contributed by atoms with van der Waals surface area (Å²) in [6.45, 7) is 5.06. The van der Waals surface area contributed by atoms with Crippen LogP contribution in [0.5, 0.6) is 0 Å². The second kappa shape index (κ2) is 9.82. The lowest BCUT2D eigenvalue weighted by Crippen LogP contribution is -2.33. The highest BCUT2D eigenvalue weighted by Crippen LogP contribution is 2.12. The number of urea groups is 1. The largest absolute Gasteiger partial charge is 0.338 e. The molecule has 0 heterocycles. The smallest absolute Gasteiger partial charge is 0.319 e. The highest BCUT2D eigenvalue weighted by Gasteiger charge is 2.08. The molecule has 4 heteroatoms. The van der Waals surface area contributed by atoms with Crippen molar-refractivity contribution in [3.8, 4) is 6.07 Å². The molecule has 1 aromatic rings. The van der Waals surface area contributed by atoms with Crippen molar-refractivity contribution in [3.63, 3.8) is 0 Å². The first-order valence-corrected chi connectivity index (χ1v) is 7.70. The Kier molecular flexibility index (Phi) is 7.96. The number of hydrogen-bond acceptors (Lipinski definition) is 2. The van der Waals surface area contributed by atoms with Crippen LogP contribution in [0.4, 0.5) is 10.5 Å². The van der Waals surface area contributed by atoms with E-state index in [-0.39, 0.29) is 6.03 Å². The molecule has 2 N–H and O–H groups in total. The van der Waals surface area contributed by atoms with Crippen LogP contribution in [0.3, 0.4) is 0 Å². The van der Waals surface area contributed by atoms with Crippen LogP contribution in [0.15, 0.2) is 24.3 Å². The third kappa shape index (κ3) is 6.80. The van der Waals surface area contributed by atoms with Crippen LogP contribution >= 0.6 is 0 Å². The van der Waals surface area contributed by atoms with Crippen LogP contribution in [0, 0.1) is 17.2 Å². The van der Waals surface area contributed by atoms with Crippen molar-refractivity contribution in [1.29, 1.82) is 5.26 Å². The summed E-state index contributed by atoms with van der Waals surface area (Å²) < 4.78 is 0. The van der Waals surface area contributed by atoms with Gasteiger partial charge in [-0.05, 0) is 30.0 Å². The Balaban J connectivity index is 2.37. The number of anilines is 1. The van der Waals surface area contributed by atoms with Gasteiger partial charge in [0.1, 0.15) is 0 Å². The van der Waals surface area contributed by atoms with E-state index >= 15 is 0 Å². The molecule has 21 heavy (non-hydrogen) atoms. The third-order valence-corrected chi connectivity index (χ3v) is 3.59. The van der Waals surface area contributed by atoms with Crippen LogP contribution in [-0.4, -0.2) is 12.6 Å². The summed E-state index contributed by atoms with van der Waals surface area (Å²) in [6.07, 6.45) is 5.04. The maximum Gasteiger partial charge on any atom is 0.319 e. The zero-order valence-electron chi connectivity index (χ0n) is 13.0. The topological polar surface area (TPSA) is 64.9 Å². The molecule has 114 valence electrons. The Hall–Kier alpha value is -2.02. The lowest BCUT2D eigenvalue weighted by Gasteiger charge is -2.15. The number of rotatable bonds is 8. The molecule has 0 aromatic heterocycles. The number of nitriles is 1. The van der Waals surface area contributed by atoms with Crippen molar-refractivity contribution in [2.45, 2.75) is 46.0 Å².